The molecule has 2 aliphatic rings. The predicted octanol–water partition coefficient (Wildman–Crippen LogP) is 5.97. The van der Waals surface area contributed by atoms with Gasteiger partial charge in [0.15, 0.2) is 11.5 Å². The third-order valence-electron chi connectivity index (χ3n) is 9.61. The minimum Gasteiger partial charge on any atom is -0.493 e. The van der Waals surface area contributed by atoms with Crippen LogP contribution >= 0.6 is 0 Å². The molecule has 0 spiro atoms. The number of hydrogen-bond acceptors (Lipinski definition) is 7. The lowest BCUT2D eigenvalue weighted by atomic mass is 9.91. The molecule has 1 heterocycles. The molecule has 2 amide bonds. The standard InChI is InChI=1S/C38H44N4O6/c1-20(2)34(38(45)42-30-13-9-11-25-23-10-7-8-12-27(23)40-35(25)30)41-29-17-15-24-26(19-31(29)44)28(39-21(3)43)16-14-22-18-32(46-4)36(47-5)37(48-6)33(22)24/h7-8,10,12,15,17-20,28,30,34,40H,9,11,13-14,16H2,1-6H3,(H,39,43)(H,41,44)(H,42,45)/t28-,30-,34-/m0/s1. The van der Waals surface area contributed by atoms with Crippen LogP contribution in [0.2, 0.25) is 0 Å². The summed E-state index contributed by atoms with van der Waals surface area (Å²) in [5.41, 5.74) is 6.48. The molecule has 4 aromatic rings. The van der Waals surface area contributed by atoms with Gasteiger partial charge in [-0.05, 0) is 84.5 Å². The minimum absolute atomic E-state index is 0.122. The Kier molecular flexibility index (Phi) is 9.35. The average Bonchev–Trinajstić information content (AvgIpc) is 3.30. The van der Waals surface area contributed by atoms with E-state index in [-0.39, 0.29) is 34.9 Å². The highest BCUT2D eigenvalue weighted by atomic mass is 16.5. The summed E-state index contributed by atoms with van der Waals surface area (Å²) >= 11 is 0. The van der Waals surface area contributed by atoms with E-state index in [1.54, 1.807) is 33.5 Å². The number of carbonyl (C=O) groups is 2. The lowest BCUT2D eigenvalue weighted by Gasteiger charge is -2.28. The number of anilines is 1. The van der Waals surface area contributed by atoms with E-state index in [1.807, 2.05) is 38.1 Å². The normalized spacial score (nSPS) is 17.3. The Morgan fingerprint density at radius 3 is 2.38 bits per heavy atom. The number of ether oxygens (including phenoxy) is 3. The molecule has 2 aliphatic carbocycles. The van der Waals surface area contributed by atoms with Gasteiger partial charge in [-0.1, -0.05) is 38.1 Å². The summed E-state index contributed by atoms with van der Waals surface area (Å²) in [6.07, 6.45) is 3.92. The van der Waals surface area contributed by atoms with Crippen LogP contribution in [0.3, 0.4) is 0 Å². The number of aromatic nitrogens is 1. The van der Waals surface area contributed by atoms with Crippen molar-refractivity contribution in [3.8, 4) is 28.4 Å². The summed E-state index contributed by atoms with van der Waals surface area (Å²) in [6, 6.07) is 14.0. The summed E-state index contributed by atoms with van der Waals surface area (Å²) in [5.74, 6) is 0.953. The number of methoxy groups -OCH3 is 3. The van der Waals surface area contributed by atoms with Crippen molar-refractivity contribution in [2.75, 3.05) is 26.6 Å². The predicted molar refractivity (Wildman–Crippen MR) is 187 cm³/mol. The fourth-order valence-electron chi connectivity index (χ4n) is 7.35. The van der Waals surface area contributed by atoms with E-state index in [9.17, 15) is 14.4 Å². The fourth-order valence-corrected chi connectivity index (χ4v) is 7.35. The van der Waals surface area contributed by atoms with Crippen molar-refractivity contribution in [2.24, 2.45) is 5.92 Å². The zero-order valence-corrected chi connectivity index (χ0v) is 28.4. The van der Waals surface area contributed by atoms with Crippen molar-refractivity contribution in [1.82, 2.24) is 15.6 Å². The Morgan fingerprint density at radius 1 is 0.896 bits per heavy atom. The second-order valence-corrected chi connectivity index (χ2v) is 13.0. The summed E-state index contributed by atoms with van der Waals surface area (Å²) in [5, 5.41) is 10.8. The molecular formula is C38H44N4O6. The number of amides is 2. The van der Waals surface area contributed by atoms with Crippen molar-refractivity contribution in [3.05, 3.63) is 81.1 Å². The number of benzene rings is 2. The Balaban J connectivity index is 1.38. The van der Waals surface area contributed by atoms with Gasteiger partial charge >= 0.3 is 0 Å². The minimum atomic E-state index is -0.674. The monoisotopic (exact) mass is 652 g/mol. The highest BCUT2D eigenvalue weighted by Gasteiger charge is 2.32. The van der Waals surface area contributed by atoms with E-state index >= 15 is 0 Å². The molecule has 3 aromatic carbocycles. The van der Waals surface area contributed by atoms with Gasteiger partial charge in [-0.2, -0.15) is 0 Å². The molecule has 48 heavy (non-hydrogen) atoms. The largest absolute Gasteiger partial charge is 0.493 e. The maximum absolute atomic E-state index is 14.0. The molecule has 0 bridgehead atoms. The Hall–Kier alpha value is -4.99. The van der Waals surface area contributed by atoms with Gasteiger partial charge in [-0.25, -0.2) is 0 Å². The molecule has 10 heteroatoms. The number of nitrogens with one attached hydrogen (secondary N) is 4. The molecule has 0 unspecified atom stereocenters. The van der Waals surface area contributed by atoms with Crippen LogP contribution in [0, 0.1) is 5.92 Å². The fraction of sp³-hybridized carbons (Fsp3) is 0.395. The average molecular weight is 653 g/mol. The Labute approximate surface area is 280 Å². The number of H-pyrrole nitrogens is 1. The van der Waals surface area contributed by atoms with Crippen molar-refractivity contribution >= 4 is 28.4 Å². The topological polar surface area (TPSA) is 131 Å². The van der Waals surface area contributed by atoms with Gasteiger partial charge in [0.05, 0.1) is 39.1 Å². The van der Waals surface area contributed by atoms with Crippen molar-refractivity contribution < 1.29 is 23.8 Å². The lowest BCUT2D eigenvalue weighted by Crippen LogP contribution is -2.45. The van der Waals surface area contributed by atoms with Crippen LogP contribution in [0.4, 0.5) is 5.69 Å². The highest BCUT2D eigenvalue weighted by molar-refractivity contribution is 5.88. The van der Waals surface area contributed by atoms with Crippen molar-refractivity contribution in [1.29, 1.82) is 0 Å². The SMILES string of the molecule is COc1cc2c(c(OC)c1OC)-c1ccc(N[C@H](C(=O)N[C@H]3CCCc4c3[nH]c3ccccc43)C(C)C)c(=O)cc1[C@@H](NC(C)=O)CC2. The molecule has 10 nitrogen and oxygen atoms in total. The molecule has 0 aliphatic heterocycles. The number of para-hydroxylation sites is 1. The van der Waals surface area contributed by atoms with E-state index < -0.39 is 12.1 Å². The molecule has 6 rings (SSSR count). The van der Waals surface area contributed by atoms with E-state index in [4.69, 9.17) is 14.2 Å². The quantitative estimate of drug-likeness (QED) is 0.175. The maximum Gasteiger partial charge on any atom is 0.243 e. The van der Waals surface area contributed by atoms with Crippen molar-refractivity contribution in [3.63, 3.8) is 0 Å². The van der Waals surface area contributed by atoms with Crippen LogP contribution in [-0.2, 0) is 22.4 Å². The number of fused-ring (bicyclic) bond motifs is 6. The van der Waals surface area contributed by atoms with Gasteiger partial charge in [-0.15, -0.1) is 0 Å². The summed E-state index contributed by atoms with van der Waals surface area (Å²) in [4.78, 5) is 43.8. The summed E-state index contributed by atoms with van der Waals surface area (Å²) in [7, 11) is 4.70. The smallest absolute Gasteiger partial charge is 0.243 e. The van der Waals surface area contributed by atoms with E-state index in [1.165, 1.54) is 17.9 Å². The van der Waals surface area contributed by atoms with Crippen LogP contribution in [0.1, 0.15) is 74.5 Å². The summed E-state index contributed by atoms with van der Waals surface area (Å²) in [6.45, 7) is 5.39. The molecule has 3 atom stereocenters. The van der Waals surface area contributed by atoms with Crippen LogP contribution < -0.4 is 35.6 Å². The third-order valence-corrected chi connectivity index (χ3v) is 9.61. The van der Waals surface area contributed by atoms with E-state index in [2.05, 4.69) is 33.1 Å². The Bertz CT molecular complexity index is 1930. The van der Waals surface area contributed by atoms with E-state index in [0.717, 1.165) is 47.2 Å². The molecule has 0 saturated heterocycles. The first-order valence-corrected chi connectivity index (χ1v) is 16.6. The first-order chi connectivity index (χ1) is 23.1. The van der Waals surface area contributed by atoms with Crippen LogP contribution in [0.15, 0.2) is 53.3 Å². The second kappa shape index (κ2) is 13.6. The van der Waals surface area contributed by atoms with Crippen LogP contribution in [0.5, 0.6) is 17.2 Å². The highest BCUT2D eigenvalue weighted by Crippen LogP contribution is 2.50. The zero-order valence-electron chi connectivity index (χ0n) is 28.4. The molecule has 0 radical (unpaired) electrons. The summed E-state index contributed by atoms with van der Waals surface area (Å²) < 4.78 is 17.2. The molecule has 4 N–H and O–H groups in total. The number of rotatable bonds is 9. The maximum atomic E-state index is 14.0. The third kappa shape index (κ3) is 6.07. The lowest BCUT2D eigenvalue weighted by molar-refractivity contribution is -0.123. The van der Waals surface area contributed by atoms with Crippen molar-refractivity contribution in [2.45, 2.75) is 71.0 Å². The number of carbonyl (C=O) groups excluding carboxylic acids is 2. The van der Waals surface area contributed by atoms with Crippen LogP contribution in [-0.4, -0.2) is 44.2 Å². The molecule has 0 fully saturated rings. The molecule has 252 valence electrons. The van der Waals surface area contributed by atoms with Gasteiger partial charge in [0.1, 0.15) is 6.04 Å². The van der Waals surface area contributed by atoms with Crippen LogP contribution in [0.25, 0.3) is 22.0 Å². The second-order valence-electron chi connectivity index (χ2n) is 13.0. The first kappa shape index (κ1) is 32.9. The first-order valence-electron chi connectivity index (χ1n) is 16.6. The molecular weight excluding hydrogens is 608 g/mol. The van der Waals surface area contributed by atoms with Gasteiger partial charge in [-0.3, -0.25) is 14.4 Å². The molecule has 1 aromatic heterocycles. The number of aryl methyl sites for hydroxylation is 2. The number of aromatic amines is 1. The Morgan fingerprint density at radius 2 is 1.67 bits per heavy atom. The number of hydrogen-bond donors (Lipinski definition) is 4. The molecule has 0 saturated carbocycles. The van der Waals surface area contributed by atoms with Gasteiger partial charge < -0.3 is 35.1 Å². The van der Waals surface area contributed by atoms with Gasteiger partial charge in [0.25, 0.3) is 0 Å². The van der Waals surface area contributed by atoms with Gasteiger partial charge in [0, 0.05) is 29.1 Å². The van der Waals surface area contributed by atoms with E-state index in [0.29, 0.717) is 35.7 Å². The van der Waals surface area contributed by atoms with Gasteiger partial charge in [0.2, 0.25) is 23.0 Å². The zero-order chi connectivity index (χ0) is 34.1.